The minimum atomic E-state index is -0.899. The second-order valence-electron chi connectivity index (χ2n) is 7.02. The zero-order chi connectivity index (χ0) is 19.1. The van der Waals surface area contributed by atoms with Crippen molar-refractivity contribution in [1.82, 2.24) is 0 Å². The Morgan fingerprint density at radius 3 is 2.44 bits per heavy atom. The fourth-order valence-corrected chi connectivity index (χ4v) is 2.14. The van der Waals surface area contributed by atoms with E-state index in [0.717, 1.165) is 12.8 Å². The molecule has 142 valence electrons. The number of anilines is 1. The first-order valence-electron chi connectivity index (χ1n) is 8.54. The molecule has 0 unspecified atom stereocenters. The molecule has 0 aliphatic rings. The number of nitrogens with one attached hydrogen (secondary N) is 1. The number of rotatable bonds is 10. The monoisotopic (exact) mass is 371 g/mol. The number of hydrogen-bond donors (Lipinski definition) is 1. The van der Waals surface area contributed by atoms with E-state index in [4.69, 9.17) is 25.8 Å². The second-order valence-corrected chi connectivity index (χ2v) is 7.43. The topological polar surface area (TPSA) is 56.8 Å². The Labute approximate surface area is 156 Å². The summed E-state index contributed by atoms with van der Waals surface area (Å²) in [5.74, 6) is 0.362. The van der Waals surface area contributed by atoms with Crippen LogP contribution in [0.4, 0.5) is 5.69 Å². The minimum absolute atomic E-state index is 0.215. The molecule has 0 fully saturated rings. The molecule has 6 heteroatoms. The summed E-state index contributed by atoms with van der Waals surface area (Å²) in [4.78, 5) is 12.3. The maximum atomic E-state index is 12.3. The largest absolute Gasteiger partial charge is 0.492 e. The van der Waals surface area contributed by atoms with Crippen molar-refractivity contribution in [3.05, 3.63) is 23.2 Å². The highest BCUT2D eigenvalue weighted by atomic mass is 35.5. The summed E-state index contributed by atoms with van der Waals surface area (Å²) in [6.07, 6.45) is 1.59. The minimum Gasteiger partial charge on any atom is -0.492 e. The van der Waals surface area contributed by atoms with E-state index in [1.807, 2.05) is 20.8 Å². The molecule has 1 aromatic rings. The highest BCUT2D eigenvalue weighted by Crippen LogP contribution is 2.29. The van der Waals surface area contributed by atoms with Gasteiger partial charge in [-0.3, -0.25) is 4.79 Å². The first-order chi connectivity index (χ1) is 11.6. The summed E-state index contributed by atoms with van der Waals surface area (Å²) in [6, 6.07) is 5.18. The molecule has 25 heavy (non-hydrogen) atoms. The third kappa shape index (κ3) is 7.22. The Bertz CT molecular complexity index is 573. The SMILES string of the molecule is CCCOC(C)(C)C(=O)Nc1ccc(OCCC(C)(C)OC)c(Cl)c1. The fraction of sp³-hybridized carbons (Fsp3) is 0.632. The molecule has 5 nitrogen and oxygen atoms in total. The summed E-state index contributed by atoms with van der Waals surface area (Å²) < 4.78 is 16.6. The van der Waals surface area contributed by atoms with Gasteiger partial charge in [0.25, 0.3) is 5.91 Å². The number of halogens is 1. The molecular formula is C19H30ClNO4. The Kier molecular flexibility index (Phi) is 8.19. The van der Waals surface area contributed by atoms with Gasteiger partial charge in [0.15, 0.2) is 0 Å². The Morgan fingerprint density at radius 1 is 1.20 bits per heavy atom. The zero-order valence-electron chi connectivity index (χ0n) is 16.1. The summed E-state index contributed by atoms with van der Waals surface area (Å²) in [5, 5.41) is 3.27. The third-order valence-electron chi connectivity index (χ3n) is 3.92. The molecule has 1 aromatic carbocycles. The Balaban J connectivity index is 2.65. The van der Waals surface area contributed by atoms with Gasteiger partial charge in [0.1, 0.15) is 11.4 Å². The van der Waals surface area contributed by atoms with E-state index in [1.54, 1.807) is 39.2 Å². The third-order valence-corrected chi connectivity index (χ3v) is 4.21. The van der Waals surface area contributed by atoms with Crippen LogP contribution in [-0.4, -0.2) is 37.4 Å². The van der Waals surface area contributed by atoms with Crippen molar-refractivity contribution in [3.8, 4) is 5.75 Å². The highest BCUT2D eigenvalue weighted by molar-refractivity contribution is 6.32. The van der Waals surface area contributed by atoms with Crippen LogP contribution in [0.2, 0.25) is 5.02 Å². The standard InChI is InChI=1S/C19H30ClNO4/c1-7-11-25-19(4,5)17(22)21-14-8-9-16(15(20)13-14)24-12-10-18(2,3)23-6/h8-9,13H,7,10-12H2,1-6H3,(H,21,22). The lowest BCUT2D eigenvalue weighted by molar-refractivity contribution is -0.137. The van der Waals surface area contributed by atoms with E-state index < -0.39 is 5.60 Å². The molecule has 1 amide bonds. The molecule has 0 saturated carbocycles. The van der Waals surface area contributed by atoms with Crippen molar-refractivity contribution in [3.63, 3.8) is 0 Å². The smallest absolute Gasteiger partial charge is 0.256 e. The molecule has 0 radical (unpaired) electrons. The average Bonchev–Trinajstić information content (AvgIpc) is 2.55. The predicted molar refractivity (Wildman–Crippen MR) is 102 cm³/mol. The van der Waals surface area contributed by atoms with Gasteiger partial charge in [-0.25, -0.2) is 0 Å². The summed E-state index contributed by atoms with van der Waals surface area (Å²) in [5.41, 5.74) is -0.541. The molecule has 0 heterocycles. The van der Waals surface area contributed by atoms with Gasteiger partial charge in [-0.05, 0) is 52.3 Å². The molecule has 1 rings (SSSR count). The molecule has 0 atom stereocenters. The van der Waals surface area contributed by atoms with Gasteiger partial charge < -0.3 is 19.5 Å². The van der Waals surface area contributed by atoms with Crippen molar-refractivity contribution in [2.45, 2.75) is 58.7 Å². The lowest BCUT2D eigenvalue weighted by Gasteiger charge is -2.24. The average molecular weight is 372 g/mol. The molecule has 0 aliphatic carbocycles. The number of hydrogen-bond acceptors (Lipinski definition) is 4. The molecule has 0 aromatic heterocycles. The van der Waals surface area contributed by atoms with Crippen molar-refractivity contribution < 1.29 is 19.0 Å². The van der Waals surface area contributed by atoms with Gasteiger partial charge in [-0.2, -0.15) is 0 Å². The maximum Gasteiger partial charge on any atom is 0.256 e. The molecular weight excluding hydrogens is 342 g/mol. The van der Waals surface area contributed by atoms with Gasteiger partial charge in [0.2, 0.25) is 0 Å². The maximum absolute atomic E-state index is 12.3. The van der Waals surface area contributed by atoms with Crippen LogP contribution in [0.15, 0.2) is 18.2 Å². The van der Waals surface area contributed by atoms with Crippen molar-refractivity contribution in [2.75, 3.05) is 25.6 Å². The highest BCUT2D eigenvalue weighted by Gasteiger charge is 2.28. The Morgan fingerprint density at radius 2 is 1.88 bits per heavy atom. The van der Waals surface area contributed by atoms with Crippen LogP contribution in [0, 0.1) is 0 Å². The van der Waals surface area contributed by atoms with Crippen LogP contribution >= 0.6 is 11.6 Å². The van der Waals surface area contributed by atoms with Crippen molar-refractivity contribution in [2.24, 2.45) is 0 Å². The van der Waals surface area contributed by atoms with E-state index in [-0.39, 0.29) is 11.5 Å². The number of methoxy groups -OCH3 is 1. The second kappa shape index (κ2) is 9.41. The Hall–Kier alpha value is -1.30. The number of carbonyl (C=O) groups is 1. The van der Waals surface area contributed by atoms with Crippen LogP contribution < -0.4 is 10.1 Å². The van der Waals surface area contributed by atoms with E-state index in [1.165, 1.54) is 0 Å². The van der Waals surface area contributed by atoms with Crippen LogP contribution in [0.1, 0.15) is 47.5 Å². The van der Waals surface area contributed by atoms with Gasteiger partial charge >= 0.3 is 0 Å². The van der Waals surface area contributed by atoms with Crippen LogP contribution in [0.5, 0.6) is 5.75 Å². The van der Waals surface area contributed by atoms with Crippen LogP contribution in [0.3, 0.4) is 0 Å². The normalized spacial score (nSPS) is 12.1. The van der Waals surface area contributed by atoms with Gasteiger partial charge in [0.05, 0.1) is 17.2 Å². The quantitative estimate of drug-likeness (QED) is 0.648. The van der Waals surface area contributed by atoms with Gasteiger partial charge in [-0.15, -0.1) is 0 Å². The molecule has 1 N–H and O–H groups in total. The summed E-state index contributed by atoms with van der Waals surface area (Å²) >= 11 is 6.26. The van der Waals surface area contributed by atoms with Crippen LogP contribution in [0.25, 0.3) is 0 Å². The number of ether oxygens (including phenoxy) is 3. The van der Waals surface area contributed by atoms with E-state index >= 15 is 0 Å². The van der Waals surface area contributed by atoms with E-state index in [9.17, 15) is 4.79 Å². The summed E-state index contributed by atoms with van der Waals surface area (Å²) in [6.45, 7) is 10.5. The first-order valence-corrected chi connectivity index (χ1v) is 8.92. The fourth-order valence-electron chi connectivity index (χ4n) is 1.91. The molecule has 0 saturated heterocycles. The number of benzene rings is 1. The van der Waals surface area contributed by atoms with Crippen LogP contribution in [-0.2, 0) is 14.3 Å². The number of amides is 1. The zero-order valence-corrected chi connectivity index (χ0v) is 16.8. The van der Waals surface area contributed by atoms with Crippen molar-refractivity contribution >= 4 is 23.2 Å². The van der Waals surface area contributed by atoms with E-state index in [2.05, 4.69) is 5.32 Å². The molecule has 0 aliphatic heterocycles. The predicted octanol–water partition coefficient (Wildman–Crippen LogP) is 4.68. The van der Waals surface area contributed by atoms with Crippen molar-refractivity contribution in [1.29, 1.82) is 0 Å². The molecule has 0 bridgehead atoms. The van der Waals surface area contributed by atoms with Gasteiger partial charge in [0, 0.05) is 25.8 Å². The lowest BCUT2D eigenvalue weighted by Crippen LogP contribution is -2.40. The lowest BCUT2D eigenvalue weighted by atomic mass is 10.1. The first kappa shape index (κ1) is 21.7. The molecule has 0 spiro atoms. The van der Waals surface area contributed by atoms with Gasteiger partial charge in [-0.1, -0.05) is 18.5 Å². The number of carbonyl (C=O) groups excluding carboxylic acids is 1. The van der Waals surface area contributed by atoms with E-state index in [0.29, 0.717) is 29.7 Å². The summed E-state index contributed by atoms with van der Waals surface area (Å²) in [7, 11) is 1.68.